The van der Waals surface area contributed by atoms with E-state index >= 15 is 0 Å². The van der Waals surface area contributed by atoms with Crippen LogP contribution >= 0.6 is 0 Å². The number of methoxy groups -OCH3 is 1. The van der Waals surface area contributed by atoms with Crippen LogP contribution in [0.3, 0.4) is 0 Å². The minimum Gasteiger partial charge on any atom is -0.481 e. The van der Waals surface area contributed by atoms with Gasteiger partial charge in [0.05, 0.1) is 18.5 Å². The maximum Gasteiger partial charge on any atom is 0.412 e. The Bertz CT molecular complexity index is 434. The lowest BCUT2D eigenvalue weighted by Crippen LogP contribution is -2.42. The lowest BCUT2D eigenvalue weighted by molar-refractivity contribution is 0.197. The number of pyridine rings is 1. The van der Waals surface area contributed by atoms with E-state index in [0.29, 0.717) is 11.6 Å². The highest BCUT2D eigenvalue weighted by atomic mass is 16.5. The topological polar surface area (TPSA) is 62.7 Å². The first-order chi connectivity index (χ1) is 8.17. The van der Waals surface area contributed by atoms with Crippen molar-refractivity contribution in [3.05, 3.63) is 17.8 Å². The molecule has 1 aliphatic heterocycles. The average Bonchev–Trinajstić information content (AvgIpc) is 2.36. The molecule has 1 aromatic heterocycles. The highest BCUT2D eigenvalue weighted by Gasteiger charge is 2.30. The second-order valence-corrected chi connectivity index (χ2v) is 4.07. The van der Waals surface area contributed by atoms with Crippen molar-refractivity contribution in [1.82, 2.24) is 4.98 Å². The smallest absolute Gasteiger partial charge is 0.412 e. The first-order valence-corrected chi connectivity index (χ1v) is 5.73. The van der Waals surface area contributed by atoms with Crippen molar-refractivity contribution in [3.8, 4) is 5.88 Å². The van der Waals surface area contributed by atoms with Crippen LogP contribution in [0.5, 0.6) is 5.88 Å². The minimum absolute atomic E-state index is 0.0511. The van der Waals surface area contributed by atoms with E-state index in [0.717, 1.165) is 25.0 Å². The van der Waals surface area contributed by atoms with Crippen LogP contribution in [-0.4, -0.2) is 29.3 Å². The number of amides is 1. The Morgan fingerprint density at radius 1 is 1.65 bits per heavy atom. The Kier molecular flexibility index (Phi) is 3.17. The number of nitrogens with zero attached hydrogens (tertiary/aromatic N) is 2. The van der Waals surface area contributed by atoms with Gasteiger partial charge in [0, 0.05) is 12.1 Å². The van der Waals surface area contributed by atoms with Crippen LogP contribution in [0.1, 0.15) is 25.5 Å². The Morgan fingerprint density at radius 3 is 3.00 bits per heavy atom. The Hall–Kier alpha value is -1.78. The fraction of sp³-hybridized carbons (Fsp3) is 0.500. The molecule has 5 heteroatoms. The van der Waals surface area contributed by atoms with Crippen LogP contribution in [0, 0.1) is 0 Å². The third-order valence-corrected chi connectivity index (χ3v) is 3.15. The highest BCUT2D eigenvalue weighted by molar-refractivity contribution is 5.88. The lowest BCUT2D eigenvalue weighted by atomic mass is 9.98. The molecule has 0 fully saturated rings. The molecule has 0 bridgehead atoms. The van der Waals surface area contributed by atoms with Gasteiger partial charge in [0.25, 0.3) is 0 Å². The van der Waals surface area contributed by atoms with Gasteiger partial charge in [-0.2, -0.15) is 0 Å². The van der Waals surface area contributed by atoms with Gasteiger partial charge < -0.3 is 9.84 Å². The number of hydrogen-bond donors (Lipinski definition) is 1. The SMILES string of the molecule is CCC1CCc2nc(OC)ccc2N1C(=O)O. The number of carboxylic acid groups (broad SMARTS) is 1. The highest BCUT2D eigenvalue weighted by Crippen LogP contribution is 2.32. The molecule has 2 rings (SSSR count). The van der Waals surface area contributed by atoms with E-state index in [1.807, 2.05) is 6.92 Å². The maximum atomic E-state index is 11.3. The number of carbonyl (C=O) groups is 1. The monoisotopic (exact) mass is 236 g/mol. The second kappa shape index (κ2) is 4.61. The van der Waals surface area contributed by atoms with Crippen molar-refractivity contribution in [2.24, 2.45) is 0 Å². The van der Waals surface area contributed by atoms with Crippen molar-refractivity contribution in [3.63, 3.8) is 0 Å². The predicted octanol–water partition coefficient (Wildman–Crippen LogP) is 2.30. The summed E-state index contributed by atoms with van der Waals surface area (Å²) in [5.41, 5.74) is 1.49. The summed E-state index contributed by atoms with van der Waals surface area (Å²) in [5.74, 6) is 0.532. The van der Waals surface area contributed by atoms with Gasteiger partial charge in [-0.1, -0.05) is 6.92 Å². The number of aromatic nitrogens is 1. The zero-order valence-electron chi connectivity index (χ0n) is 10.0. The number of aryl methyl sites for hydroxylation is 1. The fourth-order valence-corrected chi connectivity index (χ4v) is 2.27. The molecule has 5 nitrogen and oxygen atoms in total. The Balaban J connectivity index is 2.42. The number of anilines is 1. The van der Waals surface area contributed by atoms with Crippen LogP contribution in [0.2, 0.25) is 0 Å². The molecule has 1 N–H and O–H groups in total. The van der Waals surface area contributed by atoms with Crippen LogP contribution in [0.4, 0.5) is 10.5 Å². The Morgan fingerprint density at radius 2 is 2.41 bits per heavy atom. The number of hydrogen-bond acceptors (Lipinski definition) is 3. The van der Waals surface area contributed by atoms with E-state index in [4.69, 9.17) is 4.74 Å². The second-order valence-electron chi connectivity index (χ2n) is 4.07. The summed E-state index contributed by atoms with van der Waals surface area (Å²) in [7, 11) is 1.56. The van der Waals surface area contributed by atoms with Crippen LogP contribution < -0.4 is 9.64 Å². The molecular formula is C12H16N2O3. The molecule has 17 heavy (non-hydrogen) atoms. The van der Waals surface area contributed by atoms with Gasteiger partial charge in [-0.05, 0) is 25.3 Å². The van der Waals surface area contributed by atoms with E-state index in [-0.39, 0.29) is 6.04 Å². The molecule has 1 aliphatic rings. The van der Waals surface area contributed by atoms with Gasteiger partial charge in [-0.25, -0.2) is 9.78 Å². The molecule has 0 saturated heterocycles. The van der Waals surface area contributed by atoms with Crippen molar-refractivity contribution in [1.29, 1.82) is 0 Å². The van der Waals surface area contributed by atoms with Gasteiger partial charge in [0.1, 0.15) is 0 Å². The first kappa shape index (κ1) is 11.7. The molecule has 1 aromatic rings. The normalized spacial score (nSPS) is 18.7. The summed E-state index contributed by atoms with van der Waals surface area (Å²) in [6.07, 6.45) is 1.52. The number of fused-ring (bicyclic) bond motifs is 1. The van der Waals surface area contributed by atoms with Crippen LogP contribution in [0.25, 0.3) is 0 Å². The summed E-state index contributed by atoms with van der Waals surface area (Å²) in [6, 6.07) is 3.53. The van der Waals surface area contributed by atoms with Crippen molar-refractivity contribution in [2.75, 3.05) is 12.0 Å². The molecule has 0 aliphatic carbocycles. The third kappa shape index (κ3) is 2.05. The molecule has 0 saturated carbocycles. The van der Waals surface area contributed by atoms with Gasteiger partial charge in [-0.3, -0.25) is 4.90 Å². The van der Waals surface area contributed by atoms with Crippen LogP contribution in [0.15, 0.2) is 12.1 Å². The first-order valence-electron chi connectivity index (χ1n) is 5.73. The molecular weight excluding hydrogens is 220 g/mol. The van der Waals surface area contributed by atoms with E-state index in [9.17, 15) is 9.90 Å². The molecule has 92 valence electrons. The van der Waals surface area contributed by atoms with E-state index in [1.54, 1.807) is 19.2 Å². The summed E-state index contributed by atoms with van der Waals surface area (Å²) < 4.78 is 5.05. The largest absolute Gasteiger partial charge is 0.481 e. The van der Waals surface area contributed by atoms with E-state index < -0.39 is 6.09 Å². The fourth-order valence-electron chi connectivity index (χ4n) is 2.27. The molecule has 1 amide bonds. The van der Waals surface area contributed by atoms with Gasteiger partial charge >= 0.3 is 6.09 Å². The summed E-state index contributed by atoms with van der Waals surface area (Å²) in [6.45, 7) is 2.00. The lowest BCUT2D eigenvalue weighted by Gasteiger charge is -2.34. The molecule has 1 atom stereocenters. The van der Waals surface area contributed by atoms with Gasteiger partial charge in [0.15, 0.2) is 0 Å². The summed E-state index contributed by atoms with van der Waals surface area (Å²) in [5, 5.41) is 9.28. The zero-order chi connectivity index (χ0) is 12.4. The number of ether oxygens (including phenoxy) is 1. The molecule has 0 aromatic carbocycles. The zero-order valence-corrected chi connectivity index (χ0v) is 10.0. The van der Waals surface area contributed by atoms with Crippen molar-refractivity contribution < 1.29 is 14.6 Å². The summed E-state index contributed by atoms with van der Waals surface area (Å²) in [4.78, 5) is 17.0. The molecule has 0 radical (unpaired) electrons. The average molecular weight is 236 g/mol. The molecule has 0 spiro atoms. The van der Waals surface area contributed by atoms with Crippen LogP contribution in [-0.2, 0) is 6.42 Å². The van der Waals surface area contributed by atoms with Crippen molar-refractivity contribution in [2.45, 2.75) is 32.2 Å². The predicted molar refractivity (Wildman–Crippen MR) is 63.7 cm³/mol. The van der Waals surface area contributed by atoms with Gasteiger partial charge in [0.2, 0.25) is 5.88 Å². The van der Waals surface area contributed by atoms with E-state index in [1.165, 1.54) is 4.90 Å². The molecule has 2 heterocycles. The molecule has 1 unspecified atom stereocenters. The Labute approximate surface area is 100 Å². The minimum atomic E-state index is -0.912. The maximum absolute atomic E-state index is 11.3. The summed E-state index contributed by atoms with van der Waals surface area (Å²) >= 11 is 0. The standard InChI is InChI=1S/C12H16N2O3/c1-3-8-4-5-9-10(14(8)12(15)16)6-7-11(13-9)17-2/h6-8H,3-5H2,1-2H3,(H,15,16). The number of rotatable bonds is 2. The third-order valence-electron chi connectivity index (χ3n) is 3.15. The van der Waals surface area contributed by atoms with Crippen molar-refractivity contribution >= 4 is 11.8 Å². The van der Waals surface area contributed by atoms with Gasteiger partial charge in [-0.15, -0.1) is 0 Å². The van der Waals surface area contributed by atoms with E-state index in [2.05, 4.69) is 4.98 Å². The quantitative estimate of drug-likeness (QED) is 0.855.